The summed E-state index contributed by atoms with van der Waals surface area (Å²) in [6.45, 7) is 1.92. The van der Waals surface area contributed by atoms with Gasteiger partial charge in [0, 0.05) is 6.04 Å². The number of nitrogens with zero attached hydrogens (tertiary/aromatic N) is 2. The minimum Gasteiger partial charge on any atom is -0.289 e. The molecule has 2 atom stereocenters. The van der Waals surface area contributed by atoms with Crippen molar-refractivity contribution >= 4 is 27.7 Å². The average molecular weight is 350 g/mol. The normalized spacial score (nSPS) is 13.2. The van der Waals surface area contributed by atoms with E-state index in [0.717, 1.165) is 16.3 Å². The van der Waals surface area contributed by atoms with Crippen LogP contribution in [0.15, 0.2) is 66.7 Å². The number of benzene rings is 3. The van der Waals surface area contributed by atoms with Gasteiger partial charge in [0.1, 0.15) is 0 Å². The van der Waals surface area contributed by atoms with Crippen molar-refractivity contribution in [3.05, 3.63) is 77.9 Å². The third kappa shape index (κ3) is 3.87. The molecule has 0 aliphatic heterocycles. The Bertz CT molecular complexity index is 948. The summed E-state index contributed by atoms with van der Waals surface area (Å²) >= 11 is -2.13. The van der Waals surface area contributed by atoms with Gasteiger partial charge in [0.25, 0.3) is 11.3 Å². The molecule has 126 valence electrons. The lowest BCUT2D eigenvalue weighted by atomic mass is 10.0. The fraction of sp³-hybridized carbons (Fsp3) is 0.150. The van der Waals surface area contributed by atoms with Crippen LogP contribution in [-0.2, 0) is 17.7 Å². The zero-order valence-corrected chi connectivity index (χ0v) is 14.6. The molecular weight excluding hydrogens is 332 g/mol. The number of nitriles is 1. The fourth-order valence-corrected chi connectivity index (χ4v) is 3.63. The maximum atomic E-state index is 12.0. The Labute approximate surface area is 149 Å². The summed E-state index contributed by atoms with van der Waals surface area (Å²) in [4.78, 5) is 0. The standard InChI is InChI=1S/C20H18N2O2S/c1-15(12-16-6-8-17(14-21)9-7-16)22(25(23)24)20-11-10-18-4-2-3-5-19(18)13-20/h2-11,13,15H,12H2,1H3,(H,23,24). The molecule has 3 aromatic carbocycles. The quantitative estimate of drug-likeness (QED) is 0.698. The topological polar surface area (TPSA) is 64.3 Å². The van der Waals surface area contributed by atoms with Gasteiger partial charge < -0.3 is 0 Å². The van der Waals surface area contributed by atoms with Gasteiger partial charge >= 0.3 is 0 Å². The van der Waals surface area contributed by atoms with E-state index in [1.54, 1.807) is 12.1 Å². The third-order valence-corrected chi connectivity index (χ3v) is 5.08. The molecule has 1 N–H and O–H groups in total. The Balaban J connectivity index is 1.88. The van der Waals surface area contributed by atoms with Gasteiger partial charge in [0.05, 0.1) is 17.3 Å². The van der Waals surface area contributed by atoms with E-state index in [4.69, 9.17) is 5.26 Å². The van der Waals surface area contributed by atoms with Crippen LogP contribution in [0.25, 0.3) is 10.8 Å². The molecule has 0 aliphatic carbocycles. The predicted octanol–water partition coefficient (Wildman–Crippen LogP) is 4.29. The molecule has 0 amide bonds. The van der Waals surface area contributed by atoms with Crippen LogP contribution in [0.2, 0.25) is 0 Å². The van der Waals surface area contributed by atoms with Crippen molar-refractivity contribution in [2.75, 3.05) is 4.31 Å². The summed E-state index contributed by atoms with van der Waals surface area (Å²) in [5.41, 5.74) is 2.33. The highest BCUT2D eigenvalue weighted by molar-refractivity contribution is 7.80. The number of anilines is 1. The molecule has 0 radical (unpaired) electrons. The smallest absolute Gasteiger partial charge is 0.262 e. The van der Waals surface area contributed by atoms with Crippen LogP contribution >= 0.6 is 0 Å². The molecule has 3 rings (SSSR count). The predicted molar refractivity (Wildman–Crippen MR) is 102 cm³/mol. The third-order valence-electron chi connectivity index (χ3n) is 4.17. The molecule has 0 aliphatic rings. The van der Waals surface area contributed by atoms with Crippen LogP contribution in [0.1, 0.15) is 18.1 Å². The molecule has 25 heavy (non-hydrogen) atoms. The molecule has 0 saturated heterocycles. The first-order valence-electron chi connectivity index (χ1n) is 7.96. The lowest BCUT2D eigenvalue weighted by Crippen LogP contribution is -2.36. The van der Waals surface area contributed by atoms with E-state index in [1.807, 2.05) is 61.5 Å². The monoisotopic (exact) mass is 350 g/mol. The van der Waals surface area contributed by atoms with Gasteiger partial charge in [0.2, 0.25) is 0 Å². The molecule has 0 bridgehead atoms. The number of fused-ring (bicyclic) bond motifs is 1. The first-order chi connectivity index (χ1) is 12.1. The molecule has 0 heterocycles. The highest BCUT2D eigenvalue weighted by Gasteiger charge is 2.20. The van der Waals surface area contributed by atoms with Crippen molar-refractivity contribution in [2.24, 2.45) is 0 Å². The lowest BCUT2D eigenvalue weighted by Gasteiger charge is -2.27. The summed E-state index contributed by atoms with van der Waals surface area (Å²) in [5, 5.41) is 11.0. The average Bonchev–Trinajstić information content (AvgIpc) is 2.62. The highest BCUT2D eigenvalue weighted by atomic mass is 32.2. The SMILES string of the molecule is CC(Cc1ccc(C#N)cc1)N(c1ccc2ccccc2c1)S(=O)O. The second kappa shape index (κ2) is 7.47. The minimum absolute atomic E-state index is 0.181. The first-order valence-corrected chi connectivity index (χ1v) is 9.03. The van der Waals surface area contributed by atoms with Crippen molar-refractivity contribution in [1.29, 1.82) is 5.26 Å². The molecule has 3 aromatic rings. The maximum Gasteiger partial charge on any atom is 0.262 e. The van der Waals surface area contributed by atoms with Crippen LogP contribution in [0.3, 0.4) is 0 Å². The van der Waals surface area contributed by atoms with Crippen LogP contribution in [0, 0.1) is 11.3 Å². The Morgan fingerprint density at radius 1 is 1.08 bits per heavy atom. The van der Waals surface area contributed by atoms with Gasteiger partial charge in [-0.05, 0) is 53.9 Å². The molecule has 0 fully saturated rings. The Morgan fingerprint density at radius 2 is 1.76 bits per heavy atom. The summed E-state index contributed by atoms with van der Waals surface area (Å²) in [5.74, 6) is 0. The molecule has 0 aromatic heterocycles. The summed E-state index contributed by atoms with van der Waals surface area (Å²) in [7, 11) is 0. The molecule has 2 unspecified atom stereocenters. The van der Waals surface area contributed by atoms with Crippen LogP contribution in [0.4, 0.5) is 5.69 Å². The van der Waals surface area contributed by atoms with Crippen molar-refractivity contribution in [1.82, 2.24) is 0 Å². The van der Waals surface area contributed by atoms with Gasteiger partial charge in [0.15, 0.2) is 0 Å². The summed E-state index contributed by atoms with van der Waals surface area (Å²) in [6.07, 6.45) is 0.602. The fourth-order valence-electron chi connectivity index (χ4n) is 2.95. The largest absolute Gasteiger partial charge is 0.289 e. The summed E-state index contributed by atoms with van der Waals surface area (Å²) < 4.78 is 23.3. The molecule has 0 spiro atoms. The van der Waals surface area contributed by atoms with Crippen molar-refractivity contribution in [3.63, 3.8) is 0 Å². The number of hydrogen-bond donors (Lipinski definition) is 1. The van der Waals surface area contributed by atoms with E-state index in [1.165, 1.54) is 4.31 Å². The Kier molecular flexibility index (Phi) is 5.13. The minimum atomic E-state index is -2.13. The molecular formula is C20H18N2O2S. The van der Waals surface area contributed by atoms with Gasteiger partial charge in [-0.15, -0.1) is 0 Å². The van der Waals surface area contributed by atoms with E-state index >= 15 is 0 Å². The second-order valence-electron chi connectivity index (χ2n) is 5.95. The Morgan fingerprint density at radius 3 is 2.40 bits per heavy atom. The molecule has 4 nitrogen and oxygen atoms in total. The number of rotatable bonds is 5. The second-order valence-corrected chi connectivity index (χ2v) is 6.80. The van der Waals surface area contributed by atoms with E-state index in [9.17, 15) is 8.76 Å². The summed E-state index contributed by atoms with van der Waals surface area (Å²) in [6, 6.07) is 22.9. The highest BCUT2D eigenvalue weighted by Crippen LogP contribution is 2.25. The molecule has 0 saturated carbocycles. The van der Waals surface area contributed by atoms with E-state index in [0.29, 0.717) is 17.7 Å². The zero-order chi connectivity index (χ0) is 17.8. The van der Waals surface area contributed by atoms with E-state index < -0.39 is 11.3 Å². The van der Waals surface area contributed by atoms with E-state index in [-0.39, 0.29) is 6.04 Å². The zero-order valence-electron chi connectivity index (χ0n) is 13.8. The number of hydrogen-bond acceptors (Lipinski definition) is 2. The molecule has 5 heteroatoms. The maximum absolute atomic E-state index is 12.0. The van der Waals surface area contributed by atoms with Gasteiger partial charge in [-0.1, -0.05) is 42.5 Å². The lowest BCUT2D eigenvalue weighted by molar-refractivity contribution is 0.548. The van der Waals surface area contributed by atoms with Crippen molar-refractivity contribution in [3.8, 4) is 6.07 Å². The van der Waals surface area contributed by atoms with Crippen LogP contribution in [-0.4, -0.2) is 14.8 Å². The van der Waals surface area contributed by atoms with Crippen LogP contribution < -0.4 is 4.31 Å². The first kappa shape index (κ1) is 17.2. The van der Waals surface area contributed by atoms with Gasteiger partial charge in [-0.3, -0.25) is 8.86 Å². The Hall–Kier alpha value is -2.68. The van der Waals surface area contributed by atoms with Crippen molar-refractivity contribution < 1.29 is 8.76 Å². The van der Waals surface area contributed by atoms with Gasteiger partial charge in [-0.25, -0.2) is 4.21 Å². The van der Waals surface area contributed by atoms with Crippen LogP contribution in [0.5, 0.6) is 0 Å². The van der Waals surface area contributed by atoms with E-state index in [2.05, 4.69) is 6.07 Å². The van der Waals surface area contributed by atoms with Gasteiger partial charge in [-0.2, -0.15) is 5.26 Å². The van der Waals surface area contributed by atoms with Crippen molar-refractivity contribution in [2.45, 2.75) is 19.4 Å².